The van der Waals surface area contributed by atoms with E-state index in [1.807, 2.05) is 6.07 Å². The SMILES string of the molecule is NCc1cc(Br)c(C2CCCCC2)[nH]c1=O. The van der Waals surface area contributed by atoms with Crippen LogP contribution in [-0.2, 0) is 6.54 Å². The predicted octanol–water partition coefficient (Wildman–Crippen LogP) is 2.64. The van der Waals surface area contributed by atoms with E-state index in [4.69, 9.17) is 5.73 Å². The van der Waals surface area contributed by atoms with Crippen molar-refractivity contribution < 1.29 is 0 Å². The minimum absolute atomic E-state index is 0.0359. The molecule has 0 amide bonds. The number of aromatic amines is 1. The van der Waals surface area contributed by atoms with Crippen LogP contribution < -0.4 is 11.3 Å². The van der Waals surface area contributed by atoms with Crippen LogP contribution in [0.25, 0.3) is 0 Å². The summed E-state index contributed by atoms with van der Waals surface area (Å²) >= 11 is 3.53. The second kappa shape index (κ2) is 5.15. The highest BCUT2D eigenvalue weighted by molar-refractivity contribution is 9.10. The third-order valence-electron chi connectivity index (χ3n) is 3.33. The third kappa shape index (κ3) is 2.38. The highest BCUT2D eigenvalue weighted by atomic mass is 79.9. The van der Waals surface area contributed by atoms with Crippen molar-refractivity contribution in [1.82, 2.24) is 4.98 Å². The number of rotatable bonds is 2. The van der Waals surface area contributed by atoms with Gasteiger partial charge in [0.05, 0.1) is 0 Å². The maximum absolute atomic E-state index is 11.7. The first-order valence-corrected chi connectivity index (χ1v) is 6.63. The van der Waals surface area contributed by atoms with Crippen molar-refractivity contribution in [2.45, 2.75) is 44.6 Å². The molecule has 0 radical (unpaired) electrons. The number of hydrogen-bond acceptors (Lipinski definition) is 2. The molecular formula is C12H17BrN2O. The molecule has 0 atom stereocenters. The van der Waals surface area contributed by atoms with Gasteiger partial charge in [-0.15, -0.1) is 0 Å². The fourth-order valence-corrected chi connectivity index (χ4v) is 3.10. The van der Waals surface area contributed by atoms with Gasteiger partial charge in [0.2, 0.25) is 0 Å². The van der Waals surface area contributed by atoms with E-state index < -0.39 is 0 Å². The van der Waals surface area contributed by atoms with Crippen molar-refractivity contribution in [3.63, 3.8) is 0 Å². The van der Waals surface area contributed by atoms with Crippen LogP contribution in [0.4, 0.5) is 0 Å². The third-order valence-corrected chi connectivity index (χ3v) is 3.99. The van der Waals surface area contributed by atoms with Gasteiger partial charge < -0.3 is 10.7 Å². The van der Waals surface area contributed by atoms with Gasteiger partial charge in [0.15, 0.2) is 0 Å². The summed E-state index contributed by atoms with van der Waals surface area (Å²) in [7, 11) is 0. The summed E-state index contributed by atoms with van der Waals surface area (Å²) in [6, 6.07) is 1.86. The van der Waals surface area contributed by atoms with E-state index in [-0.39, 0.29) is 5.56 Å². The molecule has 1 saturated carbocycles. The molecule has 1 aliphatic rings. The second-order valence-corrected chi connectivity index (χ2v) is 5.28. The Hall–Kier alpha value is -0.610. The van der Waals surface area contributed by atoms with Gasteiger partial charge in [-0.05, 0) is 34.8 Å². The molecule has 88 valence electrons. The van der Waals surface area contributed by atoms with E-state index in [9.17, 15) is 4.79 Å². The molecule has 0 bridgehead atoms. The Morgan fingerprint density at radius 1 is 1.38 bits per heavy atom. The smallest absolute Gasteiger partial charge is 0.252 e. The number of hydrogen-bond donors (Lipinski definition) is 2. The maximum Gasteiger partial charge on any atom is 0.252 e. The number of nitrogens with two attached hydrogens (primary N) is 1. The fraction of sp³-hybridized carbons (Fsp3) is 0.583. The number of halogens is 1. The molecule has 0 aliphatic heterocycles. The van der Waals surface area contributed by atoms with Gasteiger partial charge in [-0.2, -0.15) is 0 Å². The Labute approximate surface area is 104 Å². The van der Waals surface area contributed by atoms with Crippen LogP contribution in [0.1, 0.15) is 49.3 Å². The lowest BCUT2D eigenvalue weighted by molar-refractivity contribution is 0.434. The molecule has 1 aliphatic carbocycles. The van der Waals surface area contributed by atoms with Crippen LogP contribution >= 0.6 is 15.9 Å². The Kier molecular flexibility index (Phi) is 3.82. The second-order valence-electron chi connectivity index (χ2n) is 4.42. The van der Waals surface area contributed by atoms with Crippen molar-refractivity contribution in [2.75, 3.05) is 0 Å². The van der Waals surface area contributed by atoms with E-state index >= 15 is 0 Å². The molecule has 0 spiro atoms. The minimum Gasteiger partial charge on any atom is -0.326 e. The molecule has 3 N–H and O–H groups in total. The summed E-state index contributed by atoms with van der Waals surface area (Å²) < 4.78 is 0.999. The molecule has 0 aromatic carbocycles. The standard InChI is InChI=1S/C12H17BrN2O/c13-10-6-9(7-14)12(16)15-11(10)8-4-2-1-3-5-8/h6,8H,1-5,7,14H2,(H,15,16). The van der Waals surface area contributed by atoms with Gasteiger partial charge in [-0.25, -0.2) is 0 Å². The van der Waals surface area contributed by atoms with E-state index in [1.54, 1.807) is 0 Å². The van der Waals surface area contributed by atoms with Crippen molar-refractivity contribution in [3.05, 3.63) is 32.2 Å². The Morgan fingerprint density at radius 3 is 2.69 bits per heavy atom. The van der Waals surface area contributed by atoms with Crippen LogP contribution in [0.2, 0.25) is 0 Å². The molecule has 3 nitrogen and oxygen atoms in total. The minimum atomic E-state index is -0.0359. The summed E-state index contributed by atoms with van der Waals surface area (Å²) in [4.78, 5) is 14.7. The van der Waals surface area contributed by atoms with Crippen LogP contribution in [0.3, 0.4) is 0 Å². The Morgan fingerprint density at radius 2 is 2.06 bits per heavy atom. The van der Waals surface area contributed by atoms with E-state index in [0.29, 0.717) is 18.0 Å². The molecule has 1 heterocycles. The topological polar surface area (TPSA) is 58.9 Å². The first kappa shape index (κ1) is 11.9. The molecular weight excluding hydrogens is 268 g/mol. The Bertz CT molecular complexity index is 422. The molecule has 1 fully saturated rings. The Balaban J connectivity index is 2.33. The molecule has 0 unspecified atom stereocenters. The highest BCUT2D eigenvalue weighted by Crippen LogP contribution is 2.34. The van der Waals surface area contributed by atoms with Crippen LogP contribution in [0.5, 0.6) is 0 Å². The first-order valence-electron chi connectivity index (χ1n) is 5.84. The summed E-state index contributed by atoms with van der Waals surface area (Å²) in [5, 5.41) is 0. The van der Waals surface area contributed by atoms with Gasteiger partial charge in [0.1, 0.15) is 0 Å². The monoisotopic (exact) mass is 284 g/mol. The number of aromatic nitrogens is 1. The molecule has 1 aromatic heterocycles. The summed E-state index contributed by atoms with van der Waals surface area (Å²) in [6.45, 7) is 0.291. The van der Waals surface area contributed by atoms with Crippen molar-refractivity contribution >= 4 is 15.9 Å². The normalized spacial score (nSPS) is 17.6. The predicted molar refractivity (Wildman–Crippen MR) is 68.5 cm³/mol. The lowest BCUT2D eigenvalue weighted by Crippen LogP contribution is -2.20. The molecule has 2 rings (SSSR count). The number of H-pyrrole nitrogens is 1. The first-order chi connectivity index (χ1) is 7.72. The lowest BCUT2D eigenvalue weighted by Gasteiger charge is -2.22. The maximum atomic E-state index is 11.7. The van der Waals surface area contributed by atoms with Crippen molar-refractivity contribution in [3.8, 4) is 0 Å². The number of nitrogens with one attached hydrogen (secondary N) is 1. The van der Waals surface area contributed by atoms with E-state index in [0.717, 1.165) is 10.2 Å². The van der Waals surface area contributed by atoms with Crippen molar-refractivity contribution in [2.24, 2.45) is 5.73 Å². The van der Waals surface area contributed by atoms with Gasteiger partial charge in [-0.1, -0.05) is 19.3 Å². The van der Waals surface area contributed by atoms with Gasteiger partial charge in [-0.3, -0.25) is 4.79 Å². The summed E-state index contributed by atoms with van der Waals surface area (Å²) in [6.07, 6.45) is 6.20. The van der Waals surface area contributed by atoms with Gasteiger partial charge in [0.25, 0.3) is 5.56 Å². The number of pyridine rings is 1. The zero-order chi connectivity index (χ0) is 11.5. The van der Waals surface area contributed by atoms with E-state index in [1.165, 1.54) is 32.1 Å². The summed E-state index contributed by atoms with van der Waals surface area (Å²) in [5.74, 6) is 0.502. The highest BCUT2D eigenvalue weighted by Gasteiger charge is 2.19. The molecule has 1 aromatic rings. The molecule has 0 saturated heterocycles. The fourth-order valence-electron chi connectivity index (χ4n) is 2.40. The molecule has 4 heteroatoms. The van der Waals surface area contributed by atoms with Crippen molar-refractivity contribution in [1.29, 1.82) is 0 Å². The quantitative estimate of drug-likeness (QED) is 0.877. The zero-order valence-electron chi connectivity index (χ0n) is 9.26. The van der Waals surface area contributed by atoms with Gasteiger partial charge in [0, 0.05) is 28.2 Å². The van der Waals surface area contributed by atoms with Gasteiger partial charge >= 0.3 is 0 Å². The van der Waals surface area contributed by atoms with E-state index in [2.05, 4.69) is 20.9 Å². The zero-order valence-corrected chi connectivity index (χ0v) is 10.8. The average Bonchev–Trinajstić information content (AvgIpc) is 2.32. The summed E-state index contributed by atoms with van der Waals surface area (Å²) in [5.41, 5.74) is 7.17. The van der Waals surface area contributed by atoms with Crippen LogP contribution in [0.15, 0.2) is 15.3 Å². The van der Waals surface area contributed by atoms with Crippen LogP contribution in [-0.4, -0.2) is 4.98 Å². The van der Waals surface area contributed by atoms with Crippen LogP contribution in [0, 0.1) is 0 Å². The molecule has 16 heavy (non-hydrogen) atoms. The average molecular weight is 285 g/mol. The lowest BCUT2D eigenvalue weighted by atomic mass is 9.86. The largest absolute Gasteiger partial charge is 0.326 e.